The van der Waals surface area contributed by atoms with Crippen LogP contribution in [0.25, 0.3) is 0 Å². The molecule has 3 aromatic rings. The SMILES string of the molecule is CCOC(=O)N1c2ccccc2C(=O)[C@@H](c2ccccc2)[C@@H]1c1ccc(C)cc1. The largest absolute Gasteiger partial charge is 0.449 e. The van der Waals surface area contributed by atoms with Crippen LogP contribution < -0.4 is 4.90 Å². The van der Waals surface area contributed by atoms with Gasteiger partial charge in [0, 0.05) is 5.56 Å². The Hall–Kier alpha value is -3.40. The second-order valence-electron chi connectivity index (χ2n) is 7.19. The Bertz CT molecular complexity index is 1030. The van der Waals surface area contributed by atoms with Crippen LogP contribution in [0.1, 0.15) is 45.9 Å². The quantitative estimate of drug-likeness (QED) is 0.583. The number of benzene rings is 3. The molecule has 1 heterocycles. The minimum Gasteiger partial charge on any atom is -0.449 e. The summed E-state index contributed by atoms with van der Waals surface area (Å²) in [5, 5.41) is 0. The normalized spacial score (nSPS) is 18.3. The Morgan fingerprint density at radius 3 is 2.24 bits per heavy atom. The van der Waals surface area contributed by atoms with E-state index in [2.05, 4.69) is 0 Å². The van der Waals surface area contributed by atoms with Crippen molar-refractivity contribution < 1.29 is 14.3 Å². The average molecular weight is 385 g/mol. The van der Waals surface area contributed by atoms with Crippen LogP contribution in [0.5, 0.6) is 0 Å². The number of para-hydroxylation sites is 1. The molecule has 0 spiro atoms. The second kappa shape index (κ2) is 7.92. The van der Waals surface area contributed by atoms with Gasteiger partial charge in [-0.1, -0.05) is 72.3 Å². The van der Waals surface area contributed by atoms with Crippen molar-refractivity contribution in [2.45, 2.75) is 25.8 Å². The van der Waals surface area contributed by atoms with Crippen molar-refractivity contribution in [1.29, 1.82) is 0 Å². The number of nitrogens with zero attached hydrogens (tertiary/aromatic N) is 1. The molecule has 4 nitrogen and oxygen atoms in total. The van der Waals surface area contributed by atoms with Gasteiger partial charge in [-0.25, -0.2) is 4.79 Å². The molecule has 0 unspecified atom stereocenters. The van der Waals surface area contributed by atoms with Gasteiger partial charge in [-0.05, 0) is 37.1 Å². The summed E-state index contributed by atoms with van der Waals surface area (Å²) in [4.78, 5) is 28.3. The van der Waals surface area contributed by atoms with E-state index in [1.54, 1.807) is 17.9 Å². The number of fused-ring (bicyclic) bond motifs is 1. The molecule has 1 aliphatic rings. The van der Waals surface area contributed by atoms with Gasteiger partial charge in [0.25, 0.3) is 0 Å². The standard InChI is InChI=1S/C25H23NO3/c1-3-29-25(28)26-21-12-8-7-11-20(21)24(27)22(18-9-5-4-6-10-18)23(26)19-15-13-17(2)14-16-19/h4-16,22-23H,3H2,1-2H3/t22-,23-/m0/s1. The van der Waals surface area contributed by atoms with E-state index in [0.717, 1.165) is 16.7 Å². The topological polar surface area (TPSA) is 46.6 Å². The highest BCUT2D eigenvalue weighted by molar-refractivity contribution is 6.11. The lowest BCUT2D eigenvalue weighted by Crippen LogP contribution is -2.45. The molecule has 4 rings (SSSR count). The zero-order valence-corrected chi connectivity index (χ0v) is 16.5. The van der Waals surface area contributed by atoms with Gasteiger partial charge in [-0.3, -0.25) is 9.69 Å². The Balaban J connectivity index is 1.96. The predicted octanol–water partition coefficient (Wildman–Crippen LogP) is 5.68. The van der Waals surface area contributed by atoms with Crippen LogP contribution in [0.2, 0.25) is 0 Å². The maximum atomic E-state index is 13.6. The fourth-order valence-electron chi connectivity index (χ4n) is 4.01. The van der Waals surface area contributed by atoms with Gasteiger partial charge >= 0.3 is 6.09 Å². The zero-order valence-electron chi connectivity index (χ0n) is 16.5. The van der Waals surface area contributed by atoms with Crippen molar-refractivity contribution in [3.63, 3.8) is 0 Å². The molecule has 1 aliphatic heterocycles. The molecule has 1 amide bonds. The van der Waals surface area contributed by atoms with Gasteiger partial charge in [0.15, 0.2) is 5.78 Å². The fraction of sp³-hybridized carbons (Fsp3) is 0.200. The van der Waals surface area contributed by atoms with Crippen molar-refractivity contribution in [3.8, 4) is 0 Å². The molecule has 0 saturated heterocycles. The number of ether oxygens (including phenoxy) is 1. The lowest BCUT2D eigenvalue weighted by molar-refractivity contribution is 0.0932. The highest BCUT2D eigenvalue weighted by atomic mass is 16.6. The first-order chi connectivity index (χ1) is 14.1. The van der Waals surface area contributed by atoms with E-state index in [1.165, 1.54) is 0 Å². The molecule has 3 aromatic carbocycles. The minimum atomic E-state index is -0.516. The molecule has 0 fully saturated rings. The second-order valence-corrected chi connectivity index (χ2v) is 7.19. The summed E-state index contributed by atoms with van der Waals surface area (Å²) in [6.45, 7) is 4.07. The summed E-state index contributed by atoms with van der Waals surface area (Å²) in [6.07, 6.45) is -0.445. The van der Waals surface area contributed by atoms with E-state index < -0.39 is 18.1 Å². The smallest absolute Gasteiger partial charge is 0.414 e. The maximum Gasteiger partial charge on any atom is 0.414 e. The number of Topliss-reactive ketones (excluding diaryl/α,β-unsaturated/α-hetero) is 1. The number of hydrogen-bond donors (Lipinski definition) is 0. The summed E-state index contributed by atoms with van der Waals surface area (Å²) in [5.41, 5.74) is 4.04. The molecule has 2 atom stereocenters. The fourth-order valence-corrected chi connectivity index (χ4v) is 4.01. The molecule has 4 heteroatoms. The van der Waals surface area contributed by atoms with Gasteiger partial charge in [0.1, 0.15) is 0 Å². The van der Waals surface area contributed by atoms with Crippen molar-refractivity contribution in [2.75, 3.05) is 11.5 Å². The number of rotatable bonds is 3. The first-order valence-electron chi connectivity index (χ1n) is 9.82. The lowest BCUT2D eigenvalue weighted by Gasteiger charge is -2.41. The predicted molar refractivity (Wildman–Crippen MR) is 113 cm³/mol. The van der Waals surface area contributed by atoms with E-state index in [4.69, 9.17) is 4.74 Å². The van der Waals surface area contributed by atoms with Crippen molar-refractivity contribution in [3.05, 3.63) is 101 Å². The van der Waals surface area contributed by atoms with Crippen molar-refractivity contribution >= 4 is 17.6 Å². The van der Waals surface area contributed by atoms with E-state index in [-0.39, 0.29) is 12.4 Å². The molecule has 0 aliphatic carbocycles. The molecule has 0 saturated carbocycles. The van der Waals surface area contributed by atoms with E-state index in [9.17, 15) is 9.59 Å². The third-order valence-electron chi connectivity index (χ3n) is 5.35. The lowest BCUT2D eigenvalue weighted by atomic mass is 9.77. The van der Waals surface area contributed by atoms with Crippen molar-refractivity contribution in [1.82, 2.24) is 0 Å². The number of carbonyl (C=O) groups excluding carboxylic acids is 2. The molecule has 29 heavy (non-hydrogen) atoms. The van der Waals surface area contributed by atoms with Gasteiger partial charge in [-0.15, -0.1) is 0 Å². The van der Waals surface area contributed by atoms with Gasteiger partial charge in [-0.2, -0.15) is 0 Å². The van der Waals surface area contributed by atoms with Crippen LogP contribution in [0.3, 0.4) is 0 Å². The number of aryl methyl sites for hydroxylation is 1. The number of ketones is 1. The summed E-state index contributed by atoms with van der Waals surface area (Å²) >= 11 is 0. The molecular weight excluding hydrogens is 362 g/mol. The van der Waals surface area contributed by atoms with Crippen LogP contribution in [0, 0.1) is 6.92 Å². The number of carbonyl (C=O) groups is 2. The molecule has 146 valence electrons. The van der Waals surface area contributed by atoms with Crippen molar-refractivity contribution in [2.24, 2.45) is 0 Å². The summed E-state index contributed by atoms with van der Waals surface area (Å²) in [7, 11) is 0. The average Bonchev–Trinajstić information content (AvgIpc) is 2.75. The first-order valence-corrected chi connectivity index (χ1v) is 9.82. The Labute approximate surface area is 170 Å². The molecular formula is C25H23NO3. The first kappa shape index (κ1) is 18.9. The van der Waals surface area contributed by atoms with E-state index in [0.29, 0.717) is 11.3 Å². The van der Waals surface area contributed by atoms with E-state index >= 15 is 0 Å². The third-order valence-corrected chi connectivity index (χ3v) is 5.35. The highest BCUT2D eigenvalue weighted by Crippen LogP contribution is 2.47. The number of anilines is 1. The zero-order chi connectivity index (χ0) is 20.4. The Morgan fingerprint density at radius 1 is 0.897 bits per heavy atom. The van der Waals surface area contributed by atoms with Crippen LogP contribution in [-0.4, -0.2) is 18.5 Å². The number of amides is 1. The summed E-state index contributed by atoms with van der Waals surface area (Å²) in [5.74, 6) is -0.504. The van der Waals surface area contributed by atoms with Gasteiger partial charge in [0.05, 0.1) is 24.3 Å². The Morgan fingerprint density at radius 2 is 1.55 bits per heavy atom. The van der Waals surface area contributed by atoms with Crippen LogP contribution in [-0.2, 0) is 4.74 Å². The number of hydrogen-bond acceptors (Lipinski definition) is 3. The third kappa shape index (κ3) is 3.42. The maximum absolute atomic E-state index is 13.6. The minimum absolute atomic E-state index is 0.0120. The molecule has 0 bridgehead atoms. The molecule has 0 radical (unpaired) electrons. The van der Waals surface area contributed by atoms with Crippen LogP contribution in [0.15, 0.2) is 78.9 Å². The summed E-state index contributed by atoms with van der Waals surface area (Å²) < 4.78 is 5.41. The van der Waals surface area contributed by atoms with Gasteiger partial charge < -0.3 is 4.74 Å². The van der Waals surface area contributed by atoms with Gasteiger partial charge in [0.2, 0.25) is 0 Å². The monoisotopic (exact) mass is 385 g/mol. The molecule has 0 N–H and O–H groups in total. The van der Waals surface area contributed by atoms with E-state index in [1.807, 2.05) is 79.7 Å². The summed E-state index contributed by atoms with van der Waals surface area (Å²) in [6, 6.07) is 24.4. The molecule has 0 aromatic heterocycles. The van der Waals surface area contributed by atoms with Crippen LogP contribution >= 0.6 is 0 Å². The van der Waals surface area contributed by atoms with Crippen LogP contribution in [0.4, 0.5) is 10.5 Å². The highest BCUT2D eigenvalue weighted by Gasteiger charge is 2.45. The Kier molecular flexibility index (Phi) is 5.17.